The van der Waals surface area contributed by atoms with Gasteiger partial charge in [0.25, 0.3) is 0 Å². The van der Waals surface area contributed by atoms with Crippen molar-refractivity contribution < 1.29 is 27.9 Å². The normalized spacial score (nSPS) is 16.3. The number of carboxylic acids is 1. The number of carbonyl (C=O) groups excluding carboxylic acids is 2. The topological polar surface area (TPSA) is 145 Å². The first-order chi connectivity index (χ1) is 19.5. The third-order valence-corrected chi connectivity index (χ3v) is 9.35. The van der Waals surface area contributed by atoms with Gasteiger partial charge in [0.2, 0.25) is 15.9 Å². The summed E-state index contributed by atoms with van der Waals surface area (Å²) in [7, 11) is -3.91. The summed E-state index contributed by atoms with van der Waals surface area (Å²) in [6.07, 6.45) is 5.81. The lowest BCUT2D eigenvalue weighted by atomic mass is 10.00. The lowest BCUT2D eigenvalue weighted by molar-refractivity contribution is -0.142. The molecule has 0 unspecified atom stereocenters. The van der Waals surface area contributed by atoms with Gasteiger partial charge >= 0.3 is 5.97 Å². The van der Waals surface area contributed by atoms with Crippen LogP contribution in [0.2, 0.25) is 0 Å². The molecule has 3 rings (SSSR count). The Bertz CT molecular complexity index is 1320. The average molecular weight is 584 g/mol. The predicted octanol–water partition coefficient (Wildman–Crippen LogP) is 4.32. The van der Waals surface area contributed by atoms with E-state index >= 15 is 0 Å². The van der Waals surface area contributed by atoms with Gasteiger partial charge in [-0.15, -0.1) is 0 Å². The standard InChI is InChI=1S/C31H41N3O6S/c1-3-23-15-17-27(18-16-23)41(39,40)34-19-7-10-29(34)30(36)33-28(31(37)38)21-25-13-11-24(12-14-25)20-26(35)9-6-4-5-8-22(2)32/h11-18,28-29,32H,3-10,19-21H2,1-2H3,(H,33,36)(H,37,38)/t28-,29-/m0/s1. The van der Waals surface area contributed by atoms with Gasteiger partial charge in [0.05, 0.1) is 4.90 Å². The summed E-state index contributed by atoms with van der Waals surface area (Å²) in [6.45, 7) is 3.95. The number of aryl methyl sites for hydroxylation is 1. The number of carbonyl (C=O) groups is 3. The SMILES string of the molecule is CCc1ccc(S(=O)(=O)N2CCC[C@H]2C(=O)N[C@@H](Cc2ccc(CC(=O)CCCCCC(C)=N)cc2)C(=O)O)cc1. The number of carboxylic acid groups (broad SMARTS) is 1. The van der Waals surface area contributed by atoms with Gasteiger partial charge in [-0.1, -0.05) is 49.7 Å². The van der Waals surface area contributed by atoms with Crippen LogP contribution >= 0.6 is 0 Å². The highest BCUT2D eigenvalue weighted by atomic mass is 32.2. The van der Waals surface area contributed by atoms with E-state index in [9.17, 15) is 27.9 Å². The highest BCUT2D eigenvalue weighted by Gasteiger charge is 2.40. The van der Waals surface area contributed by atoms with Crippen LogP contribution in [0, 0.1) is 5.41 Å². The first-order valence-corrected chi connectivity index (χ1v) is 15.7. The molecule has 1 saturated heterocycles. The maximum absolute atomic E-state index is 13.3. The molecule has 9 nitrogen and oxygen atoms in total. The lowest BCUT2D eigenvalue weighted by Gasteiger charge is -2.25. The van der Waals surface area contributed by atoms with Gasteiger partial charge in [-0.3, -0.25) is 9.59 Å². The fraction of sp³-hybridized carbons (Fsp3) is 0.484. The van der Waals surface area contributed by atoms with E-state index in [2.05, 4.69) is 5.32 Å². The number of hydrogen-bond acceptors (Lipinski definition) is 6. The van der Waals surface area contributed by atoms with Crippen molar-refractivity contribution in [1.29, 1.82) is 5.41 Å². The fourth-order valence-corrected chi connectivity index (χ4v) is 6.68. The van der Waals surface area contributed by atoms with Crippen molar-refractivity contribution >= 4 is 33.4 Å². The number of aliphatic carboxylic acids is 1. The Hall–Kier alpha value is -3.37. The first-order valence-electron chi connectivity index (χ1n) is 14.3. The third kappa shape index (κ3) is 9.33. The van der Waals surface area contributed by atoms with Crippen LogP contribution < -0.4 is 5.32 Å². The number of ketones is 1. The van der Waals surface area contributed by atoms with E-state index < -0.39 is 34.0 Å². The smallest absolute Gasteiger partial charge is 0.326 e. The number of nitrogens with one attached hydrogen (secondary N) is 2. The van der Waals surface area contributed by atoms with Crippen molar-refractivity contribution in [2.75, 3.05) is 6.54 Å². The second-order valence-corrected chi connectivity index (χ2v) is 12.6. The zero-order valence-corrected chi connectivity index (χ0v) is 24.7. The molecular weight excluding hydrogens is 542 g/mol. The average Bonchev–Trinajstić information content (AvgIpc) is 3.45. The molecule has 1 aliphatic heterocycles. The zero-order chi connectivity index (χ0) is 30.0. The Kier molecular flexibility index (Phi) is 11.8. The van der Waals surface area contributed by atoms with Gasteiger partial charge in [-0.2, -0.15) is 4.31 Å². The number of unbranched alkanes of at least 4 members (excludes halogenated alkanes) is 2. The molecule has 10 heteroatoms. The maximum atomic E-state index is 13.3. The molecule has 2 aromatic carbocycles. The van der Waals surface area contributed by atoms with Crippen LogP contribution in [0.15, 0.2) is 53.4 Å². The first kappa shape index (κ1) is 32.1. The van der Waals surface area contributed by atoms with E-state index in [1.807, 2.05) is 6.92 Å². The van der Waals surface area contributed by atoms with Crippen LogP contribution in [0.3, 0.4) is 0 Å². The van der Waals surface area contributed by atoms with Crippen molar-refractivity contribution in [3.63, 3.8) is 0 Å². The molecule has 41 heavy (non-hydrogen) atoms. The van der Waals surface area contributed by atoms with E-state index in [1.54, 1.807) is 55.5 Å². The van der Waals surface area contributed by atoms with Crippen LogP contribution in [0.1, 0.15) is 75.5 Å². The van der Waals surface area contributed by atoms with E-state index in [0.29, 0.717) is 37.0 Å². The monoisotopic (exact) mass is 583 g/mol. The Labute approximate surface area is 242 Å². The van der Waals surface area contributed by atoms with E-state index in [1.165, 1.54) is 4.31 Å². The third-order valence-electron chi connectivity index (χ3n) is 7.43. The summed E-state index contributed by atoms with van der Waals surface area (Å²) in [5, 5.41) is 19.8. The molecule has 0 bridgehead atoms. The second kappa shape index (κ2) is 15.0. The summed E-state index contributed by atoms with van der Waals surface area (Å²) in [4.78, 5) is 37.6. The molecule has 1 heterocycles. The van der Waals surface area contributed by atoms with Gasteiger partial charge in [0, 0.05) is 31.5 Å². The molecule has 1 aliphatic rings. The highest BCUT2D eigenvalue weighted by molar-refractivity contribution is 7.89. The summed E-state index contributed by atoms with van der Waals surface area (Å²) in [6, 6.07) is 11.5. The van der Waals surface area contributed by atoms with E-state index in [4.69, 9.17) is 5.41 Å². The predicted molar refractivity (Wildman–Crippen MR) is 158 cm³/mol. The summed E-state index contributed by atoms with van der Waals surface area (Å²) in [5.41, 5.74) is 3.18. The Balaban J connectivity index is 1.57. The lowest BCUT2D eigenvalue weighted by Crippen LogP contribution is -2.51. The van der Waals surface area contributed by atoms with Crippen LogP contribution in [0.4, 0.5) is 0 Å². The van der Waals surface area contributed by atoms with Crippen molar-refractivity contribution in [2.45, 2.75) is 95.0 Å². The molecule has 1 amide bonds. The van der Waals surface area contributed by atoms with Gasteiger partial charge in [0.15, 0.2) is 0 Å². The van der Waals surface area contributed by atoms with Crippen molar-refractivity contribution in [3.8, 4) is 0 Å². The summed E-state index contributed by atoms with van der Waals surface area (Å²) >= 11 is 0. The van der Waals surface area contributed by atoms with Crippen LogP contribution in [0.5, 0.6) is 0 Å². The molecule has 2 aromatic rings. The van der Waals surface area contributed by atoms with E-state index in [0.717, 1.165) is 43.2 Å². The van der Waals surface area contributed by atoms with E-state index in [-0.39, 0.29) is 23.6 Å². The molecule has 0 aliphatic carbocycles. The highest BCUT2D eigenvalue weighted by Crippen LogP contribution is 2.27. The molecule has 0 aromatic heterocycles. The summed E-state index contributed by atoms with van der Waals surface area (Å²) < 4.78 is 27.7. The maximum Gasteiger partial charge on any atom is 0.326 e. The summed E-state index contributed by atoms with van der Waals surface area (Å²) in [5.74, 6) is -1.70. The molecular formula is C31H41N3O6S. The van der Waals surface area contributed by atoms with Crippen LogP contribution in [-0.4, -0.2) is 59.8 Å². The molecule has 1 fully saturated rings. The van der Waals surface area contributed by atoms with Gasteiger partial charge in [0.1, 0.15) is 17.9 Å². The van der Waals surface area contributed by atoms with Gasteiger partial charge < -0.3 is 15.8 Å². The number of Topliss-reactive ketones (excluding diaryl/α,β-unsaturated/α-hetero) is 1. The molecule has 0 saturated carbocycles. The zero-order valence-electron chi connectivity index (χ0n) is 23.9. The Morgan fingerprint density at radius 1 is 0.976 bits per heavy atom. The minimum Gasteiger partial charge on any atom is -0.480 e. The van der Waals surface area contributed by atoms with Gasteiger partial charge in [-0.05, 0) is 74.3 Å². The number of benzene rings is 2. The largest absolute Gasteiger partial charge is 0.480 e. The van der Waals surface area contributed by atoms with Crippen LogP contribution in [0.25, 0.3) is 0 Å². The molecule has 0 spiro atoms. The Morgan fingerprint density at radius 2 is 1.59 bits per heavy atom. The number of nitrogens with zero attached hydrogens (tertiary/aromatic N) is 1. The van der Waals surface area contributed by atoms with Crippen molar-refractivity contribution in [3.05, 3.63) is 65.2 Å². The van der Waals surface area contributed by atoms with Crippen molar-refractivity contribution in [1.82, 2.24) is 9.62 Å². The minimum absolute atomic E-state index is 0.0275. The fourth-order valence-electron chi connectivity index (χ4n) is 5.02. The second-order valence-electron chi connectivity index (χ2n) is 10.7. The quantitative estimate of drug-likeness (QED) is 0.198. The van der Waals surface area contributed by atoms with Crippen LogP contribution in [-0.2, 0) is 43.7 Å². The minimum atomic E-state index is -3.91. The number of rotatable bonds is 16. The molecule has 0 radical (unpaired) electrons. The molecule has 3 N–H and O–H groups in total. The number of amides is 1. The molecule has 2 atom stereocenters. The number of hydrogen-bond donors (Lipinski definition) is 3. The van der Waals surface area contributed by atoms with Gasteiger partial charge in [-0.25, -0.2) is 13.2 Å². The number of sulfonamides is 1. The Morgan fingerprint density at radius 3 is 2.20 bits per heavy atom. The molecule has 222 valence electrons. The van der Waals surface area contributed by atoms with Crippen molar-refractivity contribution in [2.24, 2.45) is 0 Å².